The van der Waals surface area contributed by atoms with E-state index in [1.807, 2.05) is 28.9 Å². The minimum Gasteiger partial charge on any atom is -0.370 e. The molecule has 0 N–H and O–H groups in total. The first-order valence-electron chi connectivity index (χ1n) is 7.83. The van der Waals surface area contributed by atoms with Crippen molar-refractivity contribution in [3.63, 3.8) is 0 Å². The predicted octanol–water partition coefficient (Wildman–Crippen LogP) is 0.736. The summed E-state index contributed by atoms with van der Waals surface area (Å²) in [6, 6.07) is 22.1. The Bertz CT molecular complexity index is 987. The Balaban J connectivity index is 0.00000146. The SMILES string of the molecule is [Li+].c1ccc(-c2cc3n(c2)CC[C-]3n2nnc3ccccc32)cc1. The maximum absolute atomic E-state index is 4.37. The number of nitrogens with zero attached hydrogens (tertiary/aromatic N) is 4. The number of rotatable bonds is 2. The Hall–Kier alpha value is -2.41. The number of para-hydroxylation sites is 1. The zero-order valence-electron chi connectivity index (χ0n) is 13.6. The molecule has 0 spiro atoms. The van der Waals surface area contributed by atoms with Gasteiger partial charge in [-0.3, -0.25) is 0 Å². The first-order valence-corrected chi connectivity index (χ1v) is 7.83. The van der Waals surface area contributed by atoms with E-state index in [0.29, 0.717) is 0 Å². The Morgan fingerprint density at radius 1 is 0.917 bits per heavy atom. The van der Waals surface area contributed by atoms with Crippen LogP contribution < -0.4 is 18.9 Å². The smallest absolute Gasteiger partial charge is 0.370 e. The molecule has 5 rings (SSSR count). The molecule has 0 radical (unpaired) electrons. The van der Waals surface area contributed by atoms with E-state index in [1.54, 1.807) is 0 Å². The van der Waals surface area contributed by atoms with Crippen LogP contribution in [-0.2, 0) is 6.54 Å². The third-order valence-corrected chi connectivity index (χ3v) is 4.50. The number of aromatic nitrogens is 4. The molecule has 3 heterocycles. The second-order valence-corrected chi connectivity index (χ2v) is 5.86. The molecule has 0 bridgehead atoms. The summed E-state index contributed by atoms with van der Waals surface area (Å²) in [5.41, 5.74) is 5.74. The van der Waals surface area contributed by atoms with Gasteiger partial charge in [0.15, 0.2) is 0 Å². The molecule has 0 aliphatic carbocycles. The van der Waals surface area contributed by atoms with E-state index in [1.165, 1.54) is 22.9 Å². The van der Waals surface area contributed by atoms with E-state index in [0.717, 1.165) is 24.0 Å². The molecule has 5 heteroatoms. The molecule has 24 heavy (non-hydrogen) atoms. The van der Waals surface area contributed by atoms with Crippen molar-refractivity contribution in [1.29, 1.82) is 0 Å². The fourth-order valence-electron chi connectivity index (χ4n) is 3.36. The van der Waals surface area contributed by atoms with E-state index < -0.39 is 0 Å². The largest absolute Gasteiger partial charge is 1.00 e. The molecule has 0 atom stereocenters. The Morgan fingerprint density at radius 3 is 2.58 bits per heavy atom. The molecule has 4 nitrogen and oxygen atoms in total. The first-order chi connectivity index (χ1) is 11.4. The summed E-state index contributed by atoms with van der Waals surface area (Å²) in [6.07, 6.45) is 3.22. The standard InChI is InChI=1S/C19H15N4.Li/c1-2-6-14(7-3-1)15-12-19-18(10-11-22(19)13-15)23-17-9-5-4-8-16(17)20-21-23;/h1-9,12-13H,10-11H2;/q-1;+1. The van der Waals surface area contributed by atoms with E-state index >= 15 is 0 Å². The average Bonchev–Trinajstić information content (AvgIpc) is 3.29. The van der Waals surface area contributed by atoms with E-state index in [2.05, 4.69) is 57.5 Å². The van der Waals surface area contributed by atoms with Crippen LogP contribution in [0.4, 0.5) is 0 Å². The molecule has 4 aromatic rings. The van der Waals surface area contributed by atoms with Gasteiger partial charge in [-0.2, -0.15) is 0 Å². The third-order valence-electron chi connectivity index (χ3n) is 4.50. The average molecular weight is 306 g/mol. The summed E-state index contributed by atoms with van der Waals surface area (Å²) in [4.78, 5) is 0. The van der Waals surface area contributed by atoms with Crippen molar-refractivity contribution in [2.75, 3.05) is 0 Å². The van der Waals surface area contributed by atoms with Crippen LogP contribution in [0.1, 0.15) is 12.1 Å². The van der Waals surface area contributed by atoms with Crippen molar-refractivity contribution in [3.05, 3.63) is 78.6 Å². The summed E-state index contributed by atoms with van der Waals surface area (Å²) < 4.78 is 4.30. The summed E-state index contributed by atoms with van der Waals surface area (Å²) in [7, 11) is 0. The molecular weight excluding hydrogens is 291 g/mol. The van der Waals surface area contributed by atoms with Gasteiger partial charge in [0.2, 0.25) is 0 Å². The van der Waals surface area contributed by atoms with Crippen LogP contribution >= 0.6 is 0 Å². The van der Waals surface area contributed by atoms with Gasteiger partial charge in [-0.25, -0.2) is 0 Å². The zero-order valence-corrected chi connectivity index (χ0v) is 13.6. The van der Waals surface area contributed by atoms with Crippen molar-refractivity contribution in [2.45, 2.75) is 13.0 Å². The van der Waals surface area contributed by atoms with Gasteiger partial charge >= 0.3 is 18.9 Å². The quantitative estimate of drug-likeness (QED) is 0.404. The molecule has 0 amide bonds. The first kappa shape index (κ1) is 15.1. The molecule has 2 aromatic heterocycles. The van der Waals surface area contributed by atoms with Gasteiger partial charge in [0.1, 0.15) is 0 Å². The van der Waals surface area contributed by atoms with Crippen LogP contribution in [0.2, 0.25) is 0 Å². The van der Waals surface area contributed by atoms with Crippen LogP contribution in [0.25, 0.3) is 22.2 Å². The number of aryl methyl sites for hydroxylation is 1. The van der Waals surface area contributed by atoms with Gasteiger partial charge < -0.3 is 9.25 Å². The fourth-order valence-corrected chi connectivity index (χ4v) is 3.36. The van der Waals surface area contributed by atoms with Gasteiger partial charge in [0, 0.05) is 6.54 Å². The van der Waals surface area contributed by atoms with Crippen LogP contribution in [-0.4, -0.2) is 19.6 Å². The molecule has 0 saturated heterocycles. The van der Waals surface area contributed by atoms with Crippen molar-refractivity contribution in [2.24, 2.45) is 0 Å². The molecule has 0 saturated carbocycles. The van der Waals surface area contributed by atoms with Gasteiger partial charge in [-0.15, -0.1) is 11.2 Å². The molecule has 0 fully saturated rings. The molecule has 1 aliphatic heterocycles. The number of fused-ring (bicyclic) bond motifs is 2. The minimum absolute atomic E-state index is 0. The van der Waals surface area contributed by atoms with E-state index in [-0.39, 0.29) is 18.9 Å². The Kier molecular flexibility index (Phi) is 3.72. The zero-order chi connectivity index (χ0) is 15.2. The van der Waals surface area contributed by atoms with Crippen LogP contribution in [0.15, 0.2) is 66.9 Å². The number of hydrogen-bond donors (Lipinski definition) is 0. The molecular formula is C19H15LiN4. The number of hydrogen-bond acceptors (Lipinski definition) is 2. The van der Waals surface area contributed by atoms with Crippen LogP contribution in [0.5, 0.6) is 0 Å². The Labute approximate surface area is 152 Å². The van der Waals surface area contributed by atoms with Crippen LogP contribution in [0.3, 0.4) is 0 Å². The fraction of sp³-hybridized carbons (Fsp3) is 0.105. The van der Waals surface area contributed by atoms with E-state index in [9.17, 15) is 0 Å². The third kappa shape index (κ3) is 2.27. The van der Waals surface area contributed by atoms with Gasteiger partial charge in [-0.05, 0) is 41.5 Å². The summed E-state index contributed by atoms with van der Waals surface area (Å²) in [6.45, 7) is 0.992. The Morgan fingerprint density at radius 2 is 1.71 bits per heavy atom. The normalized spacial score (nSPS) is 13.1. The van der Waals surface area contributed by atoms with Gasteiger partial charge in [0.05, 0.1) is 5.52 Å². The van der Waals surface area contributed by atoms with Crippen molar-refractivity contribution >= 4 is 11.0 Å². The van der Waals surface area contributed by atoms with Crippen LogP contribution in [0, 0.1) is 6.04 Å². The maximum Gasteiger partial charge on any atom is 1.00 e. The van der Waals surface area contributed by atoms with Gasteiger partial charge in [0.25, 0.3) is 0 Å². The van der Waals surface area contributed by atoms with Crippen molar-refractivity contribution in [1.82, 2.24) is 19.6 Å². The van der Waals surface area contributed by atoms with Gasteiger partial charge in [-0.1, -0.05) is 59.3 Å². The second-order valence-electron chi connectivity index (χ2n) is 5.86. The number of benzene rings is 2. The summed E-state index contributed by atoms with van der Waals surface area (Å²) in [5, 5.41) is 8.66. The van der Waals surface area contributed by atoms with E-state index in [4.69, 9.17) is 0 Å². The molecule has 112 valence electrons. The topological polar surface area (TPSA) is 35.6 Å². The second kappa shape index (κ2) is 5.90. The van der Waals surface area contributed by atoms with Crippen molar-refractivity contribution in [3.8, 4) is 11.1 Å². The summed E-state index contributed by atoms with van der Waals surface area (Å²) >= 11 is 0. The molecule has 0 unspecified atom stereocenters. The minimum atomic E-state index is 0. The van der Waals surface area contributed by atoms with Crippen molar-refractivity contribution < 1.29 is 18.9 Å². The predicted molar refractivity (Wildman–Crippen MR) is 89.8 cm³/mol. The maximum atomic E-state index is 4.37. The molecule has 2 aromatic carbocycles. The molecule has 1 aliphatic rings. The monoisotopic (exact) mass is 306 g/mol. The summed E-state index contributed by atoms with van der Waals surface area (Å²) in [5.74, 6) is 0.